The fraction of sp³-hybridized carbons (Fsp3) is 0.385. The van der Waals surface area contributed by atoms with Gasteiger partial charge in [0, 0.05) is 17.8 Å². The third-order valence-corrected chi connectivity index (χ3v) is 4.63. The molecule has 104 valence electrons. The molecule has 1 aromatic carbocycles. The molecule has 1 aliphatic rings. The van der Waals surface area contributed by atoms with Crippen LogP contribution in [0.3, 0.4) is 0 Å². The van der Waals surface area contributed by atoms with Crippen LogP contribution in [0.2, 0.25) is 0 Å². The van der Waals surface area contributed by atoms with Gasteiger partial charge in [0.15, 0.2) is 0 Å². The predicted octanol–water partition coefficient (Wildman–Crippen LogP) is 1.66. The summed E-state index contributed by atoms with van der Waals surface area (Å²) in [5.41, 5.74) is 6.10. The van der Waals surface area contributed by atoms with E-state index in [-0.39, 0.29) is 16.7 Å². The van der Waals surface area contributed by atoms with Gasteiger partial charge >= 0.3 is 0 Å². The minimum atomic E-state index is -3.58. The number of benzene rings is 1. The first kappa shape index (κ1) is 13.9. The second-order valence-electron chi connectivity index (χ2n) is 4.51. The molecule has 0 bridgehead atoms. The quantitative estimate of drug-likeness (QED) is 0.650. The van der Waals surface area contributed by atoms with Crippen molar-refractivity contribution in [3.8, 4) is 5.75 Å². The maximum Gasteiger partial charge on any atom is 0.244 e. The second kappa shape index (κ2) is 5.63. The Morgan fingerprint density at radius 1 is 1.37 bits per heavy atom. The van der Waals surface area contributed by atoms with Crippen LogP contribution in [-0.2, 0) is 10.0 Å². The number of sulfonamides is 1. The first-order chi connectivity index (χ1) is 9.03. The van der Waals surface area contributed by atoms with Crippen LogP contribution in [-0.4, -0.2) is 21.6 Å². The Balaban J connectivity index is 2.26. The van der Waals surface area contributed by atoms with Gasteiger partial charge in [-0.2, -0.15) is 0 Å². The van der Waals surface area contributed by atoms with Crippen molar-refractivity contribution in [1.29, 1.82) is 0 Å². The van der Waals surface area contributed by atoms with Crippen LogP contribution >= 0.6 is 0 Å². The van der Waals surface area contributed by atoms with Crippen LogP contribution in [0.5, 0.6) is 5.75 Å². The fourth-order valence-electron chi connectivity index (χ4n) is 2.09. The Hall–Kier alpha value is -1.53. The van der Waals surface area contributed by atoms with Gasteiger partial charge in [-0.15, -0.1) is 0 Å². The molecule has 0 aromatic heterocycles. The van der Waals surface area contributed by atoms with Gasteiger partial charge in [-0.3, -0.25) is 0 Å². The van der Waals surface area contributed by atoms with Gasteiger partial charge in [-0.1, -0.05) is 12.2 Å². The molecule has 3 N–H and O–H groups in total. The molecule has 0 fully saturated rings. The summed E-state index contributed by atoms with van der Waals surface area (Å²) in [6.07, 6.45) is 6.49. The highest BCUT2D eigenvalue weighted by molar-refractivity contribution is 7.89. The van der Waals surface area contributed by atoms with Crippen molar-refractivity contribution in [3.05, 3.63) is 30.4 Å². The summed E-state index contributed by atoms with van der Waals surface area (Å²) in [6, 6.07) is 4.47. The lowest BCUT2D eigenvalue weighted by atomic mass is 10.0. The number of rotatable bonds is 4. The lowest BCUT2D eigenvalue weighted by Crippen LogP contribution is -2.35. The molecule has 1 aliphatic carbocycles. The molecule has 0 saturated carbocycles. The molecule has 6 heteroatoms. The smallest absolute Gasteiger partial charge is 0.244 e. The van der Waals surface area contributed by atoms with Crippen molar-refractivity contribution in [2.45, 2.75) is 30.2 Å². The van der Waals surface area contributed by atoms with Gasteiger partial charge in [0.1, 0.15) is 10.6 Å². The molecule has 1 atom stereocenters. The van der Waals surface area contributed by atoms with Gasteiger partial charge in [0.2, 0.25) is 10.0 Å². The average molecular weight is 282 g/mol. The molecule has 1 unspecified atom stereocenters. The highest BCUT2D eigenvalue weighted by Crippen LogP contribution is 2.26. The lowest BCUT2D eigenvalue weighted by Gasteiger charge is -2.20. The lowest BCUT2D eigenvalue weighted by molar-refractivity contribution is 0.402. The molecule has 5 nitrogen and oxygen atoms in total. The highest BCUT2D eigenvalue weighted by atomic mass is 32.2. The van der Waals surface area contributed by atoms with E-state index in [1.807, 2.05) is 6.08 Å². The molecule has 0 spiro atoms. The van der Waals surface area contributed by atoms with Crippen LogP contribution in [0.1, 0.15) is 19.3 Å². The van der Waals surface area contributed by atoms with Crippen LogP contribution in [0.15, 0.2) is 35.2 Å². The molecule has 2 rings (SSSR count). The number of hydrogen-bond acceptors (Lipinski definition) is 4. The van der Waals surface area contributed by atoms with E-state index < -0.39 is 10.0 Å². The number of nitrogens with two attached hydrogens (primary N) is 1. The van der Waals surface area contributed by atoms with Gasteiger partial charge in [0.05, 0.1) is 7.11 Å². The van der Waals surface area contributed by atoms with Crippen molar-refractivity contribution in [2.24, 2.45) is 0 Å². The van der Waals surface area contributed by atoms with E-state index >= 15 is 0 Å². The summed E-state index contributed by atoms with van der Waals surface area (Å²) < 4.78 is 32.5. The number of hydrogen-bond donors (Lipinski definition) is 2. The third-order valence-electron chi connectivity index (χ3n) is 3.07. The Bertz CT molecular complexity index is 582. The Morgan fingerprint density at radius 2 is 2.16 bits per heavy atom. The molecule has 0 saturated heterocycles. The van der Waals surface area contributed by atoms with Gasteiger partial charge in [-0.25, -0.2) is 13.1 Å². The summed E-state index contributed by atoms with van der Waals surface area (Å²) in [5, 5.41) is 0. The van der Waals surface area contributed by atoms with Crippen molar-refractivity contribution >= 4 is 15.7 Å². The summed E-state index contributed by atoms with van der Waals surface area (Å²) in [7, 11) is -2.16. The Kier molecular flexibility index (Phi) is 4.11. The maximum absolute atomic E-state index is 12.3. The number of methoxy groups -OCH3 is 1. The molecule has 0 radical (unpaired) electrons. The van der Waals surface area contributed by atoms with Crippen LogP contribution in [0.25, 0.3) is 0 Å². The molecule has 19 heavy (non-hydrogen) atoms. The van der Waals surface area contributed by atoms with Crippen molar-refractivity contribution in [1.82, 2.24) is 4.72 Å². The standard InChI is InChI=1S/C13H18N2O3S/c1-18-12-9-10(14)7-8-13(12)19(16,17)15-11-5-3-2-4-6-11/h2-3,7-9,11,15H,4-6,14H2,1H3. The summed E-state index contributed by atoms with van der Waals surface area (Å²) >= 11 is 0. The number of nitrogens with one attached hydrogen (secondary N) is 1. The van der Waals surface area contributed by atoms with E-state index in [4.69, 9.17) is 10.5 Å². The van der Waals surface area contributed by atoms with E-state index in [2.05, 4.69) is 10.8 Å². The van der Waals surface area contributed by atoms with Gasteiger partial charge in [0.25, 0.3) is 0 Å². The normalized spacial score (nSPS) is 19.3. The first-order valence-corrected chi connectivity index (χ1v) is 7.62. The zero-order valence-electron chi connectivity index (χ0n) is 10.8. The molecular formula is C13H18N2O3S. The largest absolute Gasteiger partial charge is 0.495 e. The highest BCUT2D eigenvalue weighted by Gasteiger charge is 2.23. The third kappa shape index (κ3) is 3.27. The van der Waals surface area contributed by atoms with Crippen molar-refractivity contribution in [2.75, 3.05) is 12.8 Å². The number of ether oxygens (including phenoxy) is 1. The van der Waals surface area contributed by atoms with Crippen LogP contribution in [0, 0.1) is 0 Å². The summed E-state index contributed by atoms with van der Waals surface area (Å²) in [6.45, 7) is 0. The SMILES string of the molecule is COc1cc(N)ccc1S(=O)(=O)NC1CC=CCC1. The zero-order chi connectivity index (χ0) is 13.9. The Labute approximate surface area is 113 Å². The van der Waals surface area contributed by atoms with Gasteiger partial charge < -0.3 is 10.5 Å². The first-order valence-electron chi connectivity index (χ1n) is 6.14. The van der Waals surface area contributed by atoms with E-state index in [1.165, 1.54) is 19.2 Å². The van der Waals surface area contributed by atoms with E-state index in [0.29, 0.717) is 5.69 Å². The fourth-order valence-corrected chi connectivity index (χ4v) is 3.52. The summed E-state index contributed by atoms with van der Waals surface area (Å²) in [5.74, 6) is 0.263. The number of nitrogen functional groups attached to an aromatic ring is 1. The Morgan fingerprint density at radius 3 is 2.79 bits per heavy atom. The average Bonchev–Trinajstić information content (AvgIpc) is 2.38. The topological polar surface area (TPSA) is 81.4 Å². The summed E-state index contributed by atoms with van der Waals surface area (Å²) in [4.78, 5) is 0.124. The monoisotopic (exact) mass is 282 g/mol. The molecule has 0 amide bonds. The number of allylic oxidation sites excluding steroid dienone is 1. The van der Waals surface area contributed by atoms with E-state index in [1.54, 1.807) is 6.07 Å². The number of anilines is 1. The van der Waals surface area contributed by atoms with E-state index in [0.717, 1.165) is 19.3 Å². The maximum atomic E-state index is 12.3. The molecule has 0 aliphatic heterocycles. The minimum Gasteiger partial charge on any atom is -0.495 e. The molecule has 0 heterocycles. The molecule has 1 aromatic rings. The zero-order valence-corrected chi connectivity index (χ0v) is 11.6. The predicted molar refractivity (Wildman–Crippen MR) is 74.5 cm³/mol. The minimum absolute atomic E-state index is 0.0581. The molecular weight excluding hydrogens is 264 g/mol. The second-order valence-corrected chi connectivity index (χ2v) is 6.20. The van der Waals surface area contributed by atoms with Crippen molar-refractivity contribution in [3.63, 3.8) is 0 Å². The van der Waals surface area contributed by atoms with Crippen LogP contribution < -0.4 is 15.2 Å². The van der Waals surface area contributed by atoms with Gasteiger partial charge in [-0.05, 0) is 31.4 Å². The van der Waals surface area contributed by atoms with Crippen LogP contribution in [0.4, 0.5) is 5.69 Å². The van der Waals surface area contributed by atoms with Crippen molar-refractivity contribution < 1.29 is 13.2 Å². The van der Waals surface area contributed by atoms with E-state index in [9.17, 15) is 8.42 Å².